The van der Waals surface area contributed by atoms with Gasteiger partial charge in [-0.3, -0.25) is 4.99 Å². The van der Waals surface area contributed by atoms with Gasteiger partial charge in [-0.2, -0.15) is 0 Å². The van der Waals surface area contributed by atoms with E-state index in [1.54, 1.807) is 24.7 Å². The zero-order chi connectivity index (χ0) is 21.3. The summed E-state index contributed by atoms with van der Waals surface area (Å²) in [5, 5.41) is 3.03. The number of aromatic nitrogens is 2. The number of halogens is 3. The molecule has 5 nitrogen and oxygen atoms in total. The molecule has 0 saturated heterocycles. The summed E-state index contributed by atoms with van der Waals surface area (Å²) >= 11 is 0. The maximum atomic E-state index is 13.7. The van der Waals surface area contributed by atoms with Crippen LogP contribution in [0.5, 0.6) is 0 Å². The first-order valence-electron chi connectivity index (χ1n) is 9.74. The van der Waals surface area contributed by atoms with Crippen LogP contribution in [-0.2, 0) is 6.42 Å². The molecule has 3 rings (SSSR count). The Hall–Kier alpha value is -3.29. The molecular weight excluding hydrogens is 391 g/mol. The second kappa shape index (κ2) is 10.5. The van der Waals surface area contributed by atoms with E-state index < -0.39 is 11.6 Å². The van der Waals surface area contributed by atoms with E-state index in [9.17, 15) is 13.2 Å². The number of nitrogens with one attached hydrogen (secondary N) is 2. The highest BCUT2D eigenvalue weighted by Gasteiger charge is 2.17. The highest BCUT2D eigenvalue weighted by molar-refractivity contribution is 5.77. The normalized spacial score (nSPS) is 12.7. The van der Waals surface area contributed by atoms with E-state index in [2.05, 4.69) is 20.3 Å². The zero-order valence-electron chi connectivity index (χ0n) is 16.4. The number of aliphatic imine (C=N–C) groups is 1. The van der Waals surface area contributed by atoms with Gasteiger partial charge in [0.1, 0.15) is 5.82 Å². The molecule has 8 heteroatoms. The van der Waals surface area contributed by atoms with Crippen molar-refractivity contribution in [3.8, 4) is 0 Å². The second-order valence-corrected chi connectivity index (χ2v) is 6.94. The molecule has 30 heavy (non-hydrogen) atoms. The van der Waals surface area contributed by atoms with Crippen LogP contribution in [0.3, 0.4) is 0 Å². The number of hydrogen-bond acceptors (Lipinski definition) is 2. The van der Waals surface area contributed by atoms with Crippen LogP contribution in [0.15, 0.2) is 60.0 Å². The summed E-state index contributed by atoms with van der Waals surface area (Å²) < 4.78 is 40.8. The lowest BCUT2D eigenvalue weighted by atomic mass is 9.88. The zero-order valence-corrected chi connectivity index (χ0v) is 16.4. The van der Waals surface area contributed by atoms with Gasteiger partial charge in [0.15, 0.2) is 17.6 Å². The lowest BCUT2D eigenvalue weighted by molar-refractivity contribution is 0.505. The molecule has 3 aromatic rings. The molecule has 158 valence electrons. The number of guanidine groups is 1. The summed E-state index contributed by atoms with van der Waals surface area (Å²) in [7, 11) is 0. The third-order valence-corrected chi connectivity index (χ3v) is 4.78. The molecule has 1 unspecified atom stereocenters. The monoisotopic (exact) mass is 415 g/mol. The smallest absolute Gasteiger partial charge is 0.188 e. The lowest BCUT2D eigenvalue weighted by Crippen LogP contribution is -2.33. The minimum Gasteiger partial charge on any atom is -0.370 e. The molecule has 0 radical (unpaired) electrons. The van der Waals surface area contributed by atoms with Gasteiger partial charge in [0.05, 0.1) is 6.33 Å². The first-order valence-corrected chi connectivity index (χ1v) is 9.74. The minimum absolute atomic E-state index is 0.308. The van der Waals surface area contributed by atoms with Gasteiger partial charge in [0.25, 0.3) is 0 Å². The number of aromatic amines is 1. The molecule has 0 saturated carbocycles. The molecule has 0 aliphatic carbocycles. The van der Waals surface area contributed by atoms with Crippen LogP contribution in [0, 0.1) is 17.5 Å². The first-order chi connectivity index (χ1) is 14.5. The SMILES string of the molecule is NC(=NCCCc1cnc[nH]1)NCCC(c1cccc(F)c1)c1ccc(F)c(F)c1. The number of hydrogen-bond donors (Lipinski definition) is 3. The number of H-pyrrole nitrogens is 1. The Morgan fingerprint density at radius 3 is 2.67 bits per heavy atom. The number of imidazole rings is 1. The van der Waals surface area contributed by atoms with E-state index in [4.69, 9.17) is 5.73 Å². The lowest BCUT2D eigenvalue weighted by Gasteiger charge is -2.19. The topological polar surface area (TPSA) is 79.1 Å². The number of rotatable bonds is 9. The van der Waals surface area contributed by atoms with E-state index in [0.29, 0.717) is 36.6 Å². The minimum atomic E-state index is -0.930. The van der Waals surface area contributed by atoms with Crippen molar-refractivity contribution in [2.75, 3.05) is 13.1 Å². The van der Waals surface area contributed by atoms with E-state index >= 15 is 0 Å². The highest BCUT2D eigenvalue weighted by atomic mass is 19.2. The second-order valence-electron chi connectivity index (χ2n) is 6.94. The fraction of sp³-hybridized carbons (Fsp3) is 0.273. The quantitative estimate of drug-likeness (QED) is 0.282. The van der Waals surface area contributed by atoms with Crippen LogP contribution in [-0.4, -0.2) is 29.0 Å². The molecule has 0 aliphatic heterocycles. The molecule has 0 fully saturated rings. The average molecular weight is 415 g/mol. The van der Waals surface area contributed by atoms with Gasteiger partial charge >= 0.3 is 0 Å². The van der Waals surface area contributed by atoms with Crippen molar-refractivity contribution >= 4 is 5.96 Å². The summed E-state index contributed by atoms with van der Waals surface area (Å²) in [6, 6.07) is 9.86. The number of aryl methyl sites for hydroxylation is 1. The molecule has 4 N–H and O–H groups in total. The third kappa shape index (κ3) is 6.10. The van der Waals surface area contributed by atoms with Gasteiger partial charge in [0, 0.05) is 30.9 Å². The fourth-order valence-corrected chi connectivity index (χ4v) is 3.27. The summed E-state index contributed by atoms with van der Waals surface area (Å²) in [6.45, 7) is 1.00. The Morgan fingerprint density at radius 1 is 1.10 bits per heavy atom. The summed E-state index contributed by atoms with van der Waals surface area (Å²) in [6.07, 6.45) is 5.56. The molecule has 2 aromatic carbocycles. The standard InChI is InChI=1S/C22H24F3N5/c23-17-4-1-3-15(11-17)19(16-6-7-20(24)21(25)12-16)8-10-29-22(26)28-9-2-5-18-13-27-14-30-18/h1,3-4,6-7,11-14,19H,2,5,8-10H2,(H,27,30)(H3,26,28,29). The predicted octanol–water partition coefficient (Wildman–Crippen LogP) is 3.89. The predicted molar refractivity (Wildman–Crippen MR) is 111 cm³/mol. The van der Waals surface area contributed by atoms with Crippen molar-refractivity contribution in [1.82, 2.24) is 15.3 Å². The summed E-state index contributed by atoms with van der Waals surface area (Å²) in [5.74, 6) is -2.24. The first kappa shape index (κ1) is 21.4. The Morgan fingerprint density at radius 2 is 1.93 bits per heavy atom. The summed E-state index contributed by atoms with van der Waals surface area (Å²) in [5.41, 5.74) is 8.20. The van der Waals surface area contributed by atoms with Crippen LogP contribution in [0.2, 0.25) is 0 Å². The van der Waals surface area contributed by atoms with Crippen LogP contribution >= 0.6 is 0 Å². The van der Waals surface area contributed by atoms with Crippen molar-refractivity contribution < 1.29 is 13.2 Å². The number of benzene rings is 2. The van der Waals surface area contributed by atoms with Crippen LogP contribution in [0.1, 0.15) is 35.6 Å². The van der Waals surface area contributed by atoms with Crippen LogP contribution < -0.4 is 11.1 Å². The summed E-state index contributed by atoms with van der Waals surface area (Å²) in [4.78, 5) is 11.3. The number of nitrogens with two attached hydrogens (primary N) is 1. The van der Waals surface area contributed by atoms with Gasteiger partial charge in [-0.1, -0.05) is 18.2 Å². The van der Waals surface area contributed by atoms with Crippen molar-refractivity contribution in [3.63, 3.8) is 0 Å². The van der Waals surface area contributed by atoms with E-state index in [-0.39, 0.29) is 11.7 Å². The maximum Gasteiger partial charge on any atom is 0.188 e. The average Bonchev–Trinajstić information content (AvgIpc) is 3.24. The third-order valence-electron chi connectivity index (χ3n) is 4.78. The van der Waals surface area contributed by atoms with E-state index in [1.807, 2.05) is 0 Å². The van der Waals surface area contributed by atoms with Crippen LogP contribution in [0.25, 0.3) is 0 Å². The molecule has 0 amide bonds. The van der Waals surface area contributed by atoms with Crippen molar-refractivity contribution in [2.45, 2.75) is 25.2 Å². The van der Waals surface area contributed by atoms with Gasteiger partial charge < -0.3 is 16.0 Å². The molecule has 1 aromatic heterocycles. The van der Waals surface area contributed by atoms with E-state index in [0.717, 1.165) is 30.7 Å². The molecular formula is C22H24F3N5. The molecule has 1 atom stereocenters. The van der Waals surface area contributed by atoms with Crippen molar-refractivity contribution in [3.05, 3.63) is 89.3 Å². The Balaban J connectivity index is 1.59. The molecule has 0 bridgehead atoms. The van der Waals surface area contributed by atoms with Crippen molar-refractivity contribution in [2.24, 2.45) is 10.7 Å². The van der Waals surface area contributed by atoms with Gasteiger partial charge in [-0.05, 0) is 54.7 Å². The molecule has 0 spiro atoms. The highest BCUT2D eigenvalue weighted by Crippen LogP contribution is 2.29. The number of nitrogens with zero attached hydrogens (tertiary/aromatic N) is 2. The Bertz CT molecular complexity index is 973. The largest absolute Gasteiger partial charge is 0.370 e. The Labute approximate surface area is 173 Å². The van der Waals surface area contributed by atoms with Crippen LogP contribution in [0.4, 0.5) is 13.2 Å². The van der Waals surface area contributed by atoms with Gasteiger partial charge in [0.2, 0.25) is 0 Å². The van der Waals surface area contributed by atoms with E-state index in [1.165, 1.54) is 18.2 Å². The van der Waals surface area contributed by atoms with Crippen molar-refractivity contribution in [1.29, 1.82) is 0 Å². The van der Waals surface area contributed by atoms with Gasteiger partial charge in [-0.25, -0.2) is 18.2 Å². The fourth-order valence-electron chi connectivity index (χ4n) is 3.27. The molecule has 0 aliphatic rings. The Kier molecular flexibility index (Phi) is 7.48. The molecule has 1 heterocycles. The van der Waals surface area contributed by atoms with Gasteiger partial charge in [-0.15, -0.1) is 0 Å². The maximum absolute atomic E-state index is 13.7.